The van der Waals surface area contributed by atoms with E-state index in [1.165, 1.54) is 4.90 Å². The van der Waals surface area contributed by atoms with Crippen LogP contribution in [0.15, 0.2) is 91.0 Å². The molecule has 0 bridgehead atoms. The molecule has 6 N–H and O–H groups in total. The van der Waals surface area contributed by atoms with Crippen LogP contribution in [-0.4, -0.2) is 87.5 Å². The van der Waals surface area contributed by atoms with Gasteiger partial charge in [-0.25, -0.2) is 9.59 Å². The molecule has 58 heavy (non-hydrogen) atoms. The molecule has 13 nitrogen and oxygen atoms in total. The lowest BCUT2D eigenvalue weighted by atomic mass is 10.0. The summed E-state index contributed by atoms with van der Waals surface area (Å²) in [5.74, 6) is -2.53. The third kappa shape index (κ3) is 11.5. The van der Waals surface area contributed by atoms with E-state index in [0.717, 1.165) is 54.4 Å². The van der Waals surface area contributed by atoms with E-state index in [4.69, 9.17) is 10.2 Å². The van der Waals surface area contributed by atoms with Gasteiger partial charge in [0, 0.05) is 54.9 Å². The summed E-state index contributed by atoms with van der Waals surface area (Å²) < 4.78 is 0. The number of carbonyl (C=O) groups is 5. The number of hydrogen-bond donors (Lipinski definition) is 6. The average Bonchev–Trinajstić information content (AvgIpc) is 3.56. The predicted octanol–water partition coefficient (Wildman–Crippen LogP) is 7.57. The van der Waals surface area contributed by atoms with E-state index in [2.05, 4.69) is 39.7 Å². The van der Waals surface area contributed by atoms with Gasteiger partial charge in [0.2, 0.25) is 0 Å². The first-order valence-corrected chi connectivity index (χ1v) is 19.5. The number of benzene rings is 4. The number of fused-ring (bicyclic) bond motifs is 1. The first-order chi connectivity index (χ1) is 27.8. The van der Waals surface area contributed by atoms with Crippen molar-refractivity contribution in [1.82, 2.24) is 20.1 Å². The first kappa shape index (κ1) is 42.7. The van der Waals surface area contributed by atoms with Crippen LogP contribution in [0.2, 0.25) is 0 Å². The zero-order chi connectivity index (χ0) is 41.8. The van der Waals surface area contributed by atoms with Gasteiger partial charge in [0.05, 0.1) is 11.1 Å². The number of hydrogen-bond acceptors (Lipinski definition) is 6. The van der Waals surface area contributed by atoms with Gasteiger partial charge in [0.15, 0.2) is 0 Å². The Kier molecular flexibility index (Phi) is 14.8. The second-order valence-electron chi connectivity index (χ2n) is 14.5. The number of carboxylic acids is 2. The monoisotopic (exact) mass is 788 g/mol. The highest BCUT2D eigenvalue weighted by atomic mass is 16.4. The summed E-state index contributed by atoms with van der Waals surface area (Å²) in [5.41, 5.74) is 6.36. The van der Waals surface area contributed by atoms with Crippen LogP contribution in [-0.2, 0) is 24.2 Å². The van der Waals surface area contributed by atoms with Crippen molar-refractivity contribution in [3.63, 3.8) is 0 Å². The van der Waals surface area contributed by atoms with Crippen LogP contribution in [0, 0.1) is 6.92 Å². The number of nitrogens with zero attached hydrogens (tertiary/aromatic N) is 2. The molecule has 5 aromatic rings. The number of aryl methyl sites for hydroxylation is 3. The molecule has 0 radical (unpaired) electrons. The van der Waals surface area contributed by atoms with E-state index < -0.39 is 24.5 Å². The molecule has 304 valence electrons. The zero-order valence-corrected chi connectivity index (χ0v) is 33.4. The number of aromatic carboxylic acids is 1. The minimum atomic E-state index is -1.11. The largest absolute Gasteiger partial charge is 0.480 e. The molecule has 1 aromatic heterocycles. The highest BCUT2D eigenvalue weighted by Crippen LogP contribution is 2.29. The van der Waals surface area contributed by atoms with Gasteiger partial charge in [-0.1, -0.05) is 61.9 Å². The Hall–Kier alpha value is -6.47. The van der Waals surface area contributed by atoms with Gasteiger partial charge in [0.1, 0.15) is 12.4 Å². The Morgan fingerprint density at radius 2 is 1.41 bits per heavy atom. The maximum absolute atomic E-state index is 14.0. The summed E-state index contributed by atoms with van der Waals surface area (Å²) in [6.07, 6.45) is 4.27. The maximum atomic E-state index is 14.0. The second kappa shape index (κ2) is 20.1. The summed E-state index contributed by atoms with van der Waals surface area (Å²) in [6.45, 7) is 7.15. The van der Waals surface area contributed by atoms with Crippen LogP contribution in [0.5, 0.6) is 0 Å². The summed E-state index contributed by atoms with van der Waals surface area (Å²) >= 11 is 0. The SMILES string of the molecule is CCC(CC)N(CCN(C)C(=O)NCC(=O)O)Cc1cccc(C(=O)Nc2[nH]c3ccc(C)cc3c2C(=O)Nc2ccc(CCCc3ccc(C(=O)O)cc3)cc2)c1. The number of aliphatic carboxylic acids is 1. The van der Waals surface area contributed by atoms with Crippen LogP contribution in [0.25, 0.3) is 10.9 Å². The number of likely N-dealkylation sites (N-methyl/N-ethyl adjacent to an activating group) is 1. The molecule has 0 saturated carbocycles. The fourth-order valence-corrected chi connectivity index (χ4v) is 6.99. The van der Waals surface area contributed by atoms with Crippen molar-refractivity contribution < 1.29 is 34.2 Å². The summed E-state index contributed by atoms with van der Waals surface area (Å²) in [6, 6.07) is 27.4. The van der Waals surface area contributed by atoms with Crippen LogP contribution in [0.4, 0.5) is 16.3 Å². The van der Waals surface area contributed by atoms with E-state index in [-0.39, 0.29) is 29.2 Å². The van der Waals surface area contributed by atoms with Gasteiger partial charge in [0.25, 0.3) is 11.8 Å². The molecule has 4 aromatic carbocycles. The Morgan fingerprint density at radius 3 is 2.05 bits per heavy atom. The maximum Gasteiger partial charge on any atom is 0.335 e. The molecule has 5 rings (SSSR count). The molecular formula is C45H52N6O7. The standard InChI is InChI=1S/C45H52N6O7/c1-5-36(6-2)51(24-23-50(4)45(58)46-27-39(52)53)28-32-11-8-12-34(26-32)42(54)49-41-40(37-25-29(3)13-22-38(37)48-41)43(55)47-35-20-16-31(17-21-35)10-7-9-30-14-18-33(19-15-30)44(56)57/h8,11-22,25-26,36,48H,5-7,9-10,23-24,27-28H2,1-4H3,(H,46,58)(H,47,55)(H,49,54)(H,52,53)(H,56,57). The normalized spacial score (nSPS) is 11.1. The predicted molar refractivity (Wildman–Crippen MR) is 226 cm³/mol. The molecule has 0 unspecified atom stereocenters. The quantitative estimate of drug-likeness (QED) is 0.0495. The number of aromatic nitrogens is 1. The van der Waals surface area contributed by atoms with Gasteiger partial charge >= 0.3 is 18.0 Å². The Labute approximate surface area is 338 Å². The Morgan fingerprint density at radius 1 is 0.741 bits per heavy atom. The second-order valence-corrected chi connectivity index (χ2v) is 14.5. The molecule has 0 aliphatic carbocycles. The lowest BCUT2D eigenvalue weighted by Crippen LogP contribution is -2.45. The number of rotatable bonds is 19. The number of anilines is 2. The number of carbonyl (C=O) groups excluding carboxylic acids is 3. The number of nitrogens with one attached hydrogen (secondary N) is 4. The molecule has 13 heteroatoms. The number of carboxylic acid groups (broad SMARTS) is 2. The molecular weight excluding hydrogens is 737 g/mol. The van der Waals surface area contributed by atoms with E-state index in [1.807, 2.05) is 79.7 Å². The van der Waals surface area contributed by atoms with E-state index >= 15 is 0 Å². The van der Waals surface area contributed by atoms with Crippen molar-refractivity contribution in [2.24, 2.45) is 0 Å². The van der Waals surface area contributed by atoms with Crippen LogP contribution >= 0.6 is 0 Å². The van der Waals surface area contributed by atoms with E-state index in [9.17, 15) is 24.0 Å². The Balaban J connectivity index is 1.26. The molecule has 0 fully saturated rings. The lowest BCUT2D eigenvalue weighted by molar-refractivity contribution is -0.135. The fraction of sp³-hybridized carbons (Fsp3) is 0.311. The highest BCUT2D eigenvalue weighted by Gasteiger charge is 2.23. The smallest absolute Gasteiger partial charge is 0.335 e. The molecule has 0 atom stereocenters. The number of H-pyrrole nitrogens is 1. The first-order valence-electron chi connectivity index (χ1n) is 19.5. The van der Waals surface area contributed by atoms with Crippen LogP contribution < -0.4 is 16.0 Å². The van der Waals surface area contributed by atoms with Gasteiger partial charge in [-0.2, -0.15) is 0 Å². The van der Waals surface area contributed by atoms with E-state index in [0.29, 0.717) is 47.4 Å². The molecule has 0 saturated heterocycles. The summed E-state index contributed by atoms with van der Waals surface area (Å²) in [5, 5.41) is 27.1. The van der Waals surface area contributed by atoms with Gasteiger partial charge in [-0.15, -0.1) is 0 Å². The lowest BCUT2D eigenvalue weighted by Gasteiger charge is -2.32. The Bertz CT molecular complexity index is 2230. The van der Waals surface area contributed by atoms with Gasteiger partial charge < -0.3 is 36.0 Å². The van der Waals surface area contributed by atoms with Crippen molar-refractivity contribution in [3.8, 4) is 0 Å². The third-order valence-corrected chi connectivity index (χ3v) is 10.3. The van der Waals surface area contributed by atoms with Crippen molar-refractivity contribution >= 4 is 52.2 Å². The third-order valence-electron chi connectivity index (χ3n) is 10.3. The zero-order valence-electron chi connectivity index (χ0n) is 33.4. The van der Waals surface area contributed by atoms with Gasteiger partial charge in [-0.3, -0.25) is 19.3 Å². The average molecular weight is 789 g/mol. The minimum Gasteiger partial charge on any atom is -0.480 e. The molecule has 4 amide bonds. The highest BCUT2D eigenvalue weighted by molar-refractivity contribution is 6.19. The fourth-order valence-electron chi connectivity index (χ4n) is 6.99. The summed E-state index contributed by atoms with van der Waals surface area (Å²) in [4.78, 5) is 69.2. The molecule has 0 aliphatic rings. The van der Waals surface area contributed by atoms with Crippen molar-refractivity contribution in [2.45, 2.75) is 65.5 Å². The number of amides is 4. The van der Waals surface area contributed by atoms with Crippen molar-refractivity contribution in [3.05, 3.63) is 130 Å². The molecule has 0 spiro atoms. The van der Waals surface area contributed by atoms with E-state index in [1.54, 1.807) is 25.2 Å². The molecule has 0 aliphatic heterocycles. The molecule has 1 heterocycles. The van der Waals surface area contributed by atoms with Crippen molar-refractivity contribution in [1.29, 1.82) is 0 Å². The van der Waals surface area contributed by atoms with Crippen molar-refractivity contribution in [2.75, 3.05) is 37.3 Å². The van der Waals surface area contributed by atoms with Gasteiger partial charge in [-0.05, 0) is 104 Å². The summed E-state index contributed by atoms with van der Waals surface area (Å²) in [7, 11) is 1.63. The topological polar surface area (TPSA) is 184 Å². The van der Waals surface area contributed by atoms with Crippen LogP contribution in [0.1, 0.15) is 86.4 Å². The number of aromatic amines is 1. The number of urea groups is 1. The van der Waals surface area contributed by atoms with Crippen LogP contribution in [0.3, 0.4) is 0 Å². The minimum absolute atomic E-state index is 0.219.